The van der Waals surface area contributed by atoms with E-state index in [0.717, 1.165) is 84.6 Å². The van der Waals surface area contributed by atoms with Gasteiger partial charge in [-0.15, -0.1) is 11.3 Å². The van der Waals surface area contributed by atoms with E-state index in [1.807, 2.05) is 11.3 Å². The van der Waals surface area contributed by atoms with Crippen LogP contribution in [0.2, 0.25) is 0 Å². The molecule has 10 aromatic rings. The van der Waals surface area contributed by atoms with E-state index in [9.17, 15) is 0 Å². The zero-order valence-corrected chi connectivity index (χ0v) is 25.2. The van der Waals surface area contributed by atoms with E-state index in [2.05, 4.69) is 126 Å². The molecule has 0 aliphatic heterocycles. The number of fused-ring (bicyclic) bond motifs is 13. The molecule has 4 nitrogen and oxygen atoms in total. The largest absolute Gasteiger partial charge is 0.457 e. The molecule has 11 rings (SSSR count). The molecule has 0 saturated carbocycles. The van der Waals surface area contributed by atoms with Crippen molar-refractivity contribution in [3.8, 4) is 17.1 Å². The summed E-state index contributed by atoms with van der Waals surface area (Å²) in [5, 5.41) is 7.71. The predicted octanol–water partition coefficient (Wildman–Crippen LogP) is 11.4. The number of para-hydroxylation sites is 1. The molecule has 1 aliphatic rings. The lowest BCUT2D eigenvalue weighted by molar-refractivity contribution is 0.545. The van der Waals surface area contributed by atoms with Gasteiger partial charge in [-0.2, -0.15) is 4.98 Å². The Morgan fingerprint density at radius 1 is 0.783 bits per heavy atom. The quantitative estimate of drug-likeness (QED) is 0.197. The highest BCUT2D eigenvalue weighted by molar-refractivity contribution is 7.26. The van der Waals surface area contributed by atoms with Crippen LogP contribution in [0, 0.1) is 12.1 Å². The van der Waals surface area contributed by atoms with E-state index in [1.165, 1.54) is 25.6 Å². The first-order valence-electron chi connectivity index (χ1n) is 15.5. The number of thiophene rings is 1. The summed E-state index contributed by atoms with van der Waals surface area (Å²) in [6.45, 7) is 0. The van der Waals surface area contributed by atoms with Crippen molar-refractivity contribution in [2.75, 3.05) is 0 Å². The molecule has 0 unspecified atom stereocenters. The number of hydrogen-bond acceptors (Lipinski definition) is 4. The van der Waals surface area contributed by atoms with Gasteiger partial charge in [-0.1, -0.05) is 97.1 Å². The maximum absolute atomic E-state index is 6.83. The number of aromatic nitrogens is 2. The van der Waals surface area contributed by atoms with Crippen molar-refractivity contribution >= 4 is 92.2 Å². The van der Waals surface area contributed by atoms with Gasteiger partial charge in [0.1, 0.15) is 16.8 Å². The summed E-state index contributed by atoms with van der Waals surface area (Å²) in [4.78, 5) is 5.30. The summed E-state index contributed by atoms with van der Waals surface area (Å²) in [7, 11) is 0. The van der Waals surface area contributed by atoms with Gasteiger partial charge in [0.2, 0.25) is 0 Å². The number of furan rings is 1. The van der Waals surface area contributed by atoms with Crippen molar-refractivity contribution < 1.29 is 8.83 Å². The summed E-state index contributed by atoms with van der Waals surface area (Å²) in [6.07, 6.45) is 6.20. The molecule has 0 fully saturated rings. The Kier molecular flexibility index (Phi) is 4.73. The number of hydrogen-bond donors (Lipinski definition) is 0. The monoisotopic (exact) mass is 606 g/mol. The van der Waals surface area contributed by atoms with Crippen LogP contribution in [0.3, 0.4) is 0 Å². The maximum atomic E-state index is 6.83. The fourth-order valence-electron chi connectivity index (χ4n) is 7.40. The molecule has 4 aromatic heterocycles. The van der Waals surface area contributed by atoms with Crippen LogP contribution in [-0.2, 0) is 6.42 Å². The highest BCUT2D eigenvalue weighted by atomic mass is 32.1. The number of oxazole rings is 1. The second kappa shape index (κ2) is 8.88. The lowest BCUT2D eigenvalue weighted by Gasteiger charge is -2.06. The Bertz CT molecular complexity index is 2930. The smallest absolute Gasteiger partial charge is 0.307 e. The minimum atomic E-state index is 0.513. The number of rotatable bonds is 2. The van der Waals surface area contributed by atoms with Gasteiger partial charge in [0.25, 0.3) is 0 Å². The van der Waals surface area contributed by atoms with Gasteiger partial charge in [0, 0.05) is 43.1 Å². The van der Waals surface area contributed by atoms with Crippen LogP contribution in [0.1, 0.15) is 17.7 Å². The molecule has 0 N–H and O–H groups in total. The fraction of sp³-hybridized carbons (Fsp3) is 0.0488. The third kappa shape index (κ3) is 3.21. The van der Waals surface area contributed by atoms with E-state index >= 15 is 0 Å². The third-order valence-corrected chi connectivity index (χ3v) is 10.7. The molecule has 5 heteroatoms. The number of aryl methyl sites for hydroxylation is 1. The van der Waals surface area contributed by atoms with Crippen molar-refractivity contribution in [3.05, 3.63) is 127 Å². The van der Waals surface area contributed by atoms with Crippen molar-refractivity contribution in [2.45, 2.75) is 12.8 Å². The van der Waals surface area contributed by atoms with E-state index < -0.39 is 0 Å². The Labute approximate surface area is 266 Å². The van der Waals surface area contributed by atoms with Crippen LogP contribution in [0.15, 0.2) is 112 Å². The number of allylic oxidation sites excluding steroid dienone is 1. The standard InChI is InChI=1S/C41H22N2O2S/c1-2-10-24-21-25(18-17-23(24)9-1)31-22-34-37(36-30-13-5-8-16-35(30)46-40(31)36)42-41(45-34)43-32-14-6-3-11-26(32)28-19-20-29-27-12-4-7-15-33(27)44-39(29)38(28)43/h1-6,8-14,16-18,21-22H,7,15H2. The highest BCUT2D eigenvalue weighted by Gasteiger charge is 2.25. The van der Waals surface area contributed by atoms with Crippen molar-refractivity contribution in [1.29, 1.82) is 0 Å². The van der Waals surface area contributed by atoms with Crippen molar-refractivity contribution in [3.63, 3.8) is 0 Å². The maximum Gasteiger partial charge on any atom is 0.307 e. The predicted molar refractivity (Wildman–Crippen MR) is 189 cm³/mol. The van der Waals surface area contributed by atoms with Crippen molar-refractivity contribution in [1.82, 2.24) is 9.55 Å². The first kappa shape index (κ1) is 24.5. The Morgan fingerprint density at radius 3 is 2.57 bits per heavy atom. The van der Waals surface area contributed by atoms with Crippen LogP contribution in [0.25, 0.3) is 98.0 Å². The Hall–Kier alpha value is -5.83. The zero-order chi connectivity index (χ0) is 29.9. The third-order valence-electron chi connectivity index (χ3n) is 9.49. The molecule has 0 saturated heterocycles. The van der Waals surface area contributed by atoms with Crippen LogP contribution >= 0.6 is 11.3 Å². The Balaban J connectivity index is 1.26. The molecular formula is C41H22N2O2S. The molecule has 46 heavy (non-hydrogen) atoms. The second-order valence-corrected chi connectivity index (χ2v) is 13.1. The molecule has 4 heterocycles. The van der Waals surface area contributed by atoms with E-state index in [1.54, 1.807) is 0 Å². The van der Waals surface area contributed by atoms with Gasteiger partial charge in [-0.05, 0) is 47.0 Å². The average Bonchev–Trinajstić information content (AvgIpc) is 3.87. The average molecular weight is 607 g/mol. The molecule has 0 bridgehead atoms. The Morgan fingerprint density at radius 2 is 1.61 bits per heavy atom. The van der Waals surface area contributed by atoms with Gasteiger partial charge < -0.3 is 8.83 Å². The van der Waals surface area contributed by atoms with Crippen molar-refractivity contribution in [2.24, 2.45) is 0 Å². The van der Waals surface area contributed by atoms with E-state index in [4.69, 9.17) is 13.8 Å². The topological polar surface area (TPSA) is 44.1 Å². The van der Waals surface area contributed by atoms with Crippen LogP contribution in [0.5, 0.6) is 0 Å². The highest BCUT2D eigenvalue weighted by Crippen LogP contribution is 2.46. The van der Waals surface area contributed by atoms with Crippen LogP contribution in [0.4, 0.5) is 0 Å². The van der Waals surface area contributed by atoms with Gasteiger partial charge in [0.05, 0.1) is 16.3 Å². The second-order valence-electron chi connectivity index (χ2n) is 12.0. The minimum absolute atomic E-state index is 0.513. The van der Waals surface area contributed by atoms with E-state index in [0.29, 0.717) is 6.01 Å². The summed E-state index contributed by atoms with van der Waals surface area (Å²) in [5.74, 6) is 0.996. The summed E-state index contributed by atoms with van der Waals surface area (Å²) in [6, 6.07) is 41.8. The van der Waals surface area contributed by atoms with Crippen LogP contribution < -0.4 is 0 Å². The molecule has 6 aromatic carbocycles. The fourth-order valence-corrected chi connectivity index (χ4v) is 8.64. The molecule has 214 valence electrons. The van der Waals surface area contributed by atoms with E-state index in [-0.39, 0.29) is 0 Å². The first-order valence-corrected chi connectivity index (χ1v) is 16.3. The SMILES string of the molecule is c1c2c3c(oc2c2c(c#1)c1ccccc1n2-c1nc2c(cc(-c4ccc5ccccc5c4)c4sc5ccccc5c42)o1)CCC=C3. The van der Waals surface area contributed by atoms with Gasteiger partial charge in [-0.3, -0.25) is 4.57 Å². The molecular weight excluding hydrogens is 585 g/mol. The van der Waals surface area contributed by atoms with Crippen LogP contribution in [-0.4, -0.2) is 9.55 Å². The number of nitrogens with zero attached hydrogens (tertiary/aromatic N) is 2. The molecule has 0 spiro atoms. The lowest BCUT2D eigenvalue weighted by Crippen LogP contribution is -1.94. The summed E-state index contributed by atoms with van der Waals surface area (Å²) in [5.41, 5.74) is 7.72. The molecule has 0 atom stereocenters. The van der Waals surface area contributed by atoms with Gasteiger partial charge in [0.15, 0.2) is 11.2 Å². The molecule has 0 radical (unpaired) electrons. The first-order chi connectivity index (χ1) is 22.8. The minimum Gasteiger partial charge on any atom is -0.457 e. The summed E-state index contributed by atoms with van der Waals surface area (Å²) < 4.78 is 18.0. The zero-order valence-electron chi connectivity index (χ0n) is 24.4. The normalized spacial score (nSPS) is 13.2. The lowest BCUT2D eigenvalue weighted by atomic mass is 9.99. The van der Waals surface area contributed by atoms with Gasteiger partial charge >= 0.3 is 6.01 Å². The number of benzene rings is 5. The van der Waals surface area contributed by atoms with Gasteiger partial charge in [-0.25, -0.2) is 0 Å². The molecule has 0 amide bonds. The summed E-state index contributed by atoms with van der Waals surface area (Å²) >= 11 is 1.81. The molecule has 1 aliphatic carbocycles.